The van der Waals surface area contributed by atoms with Crippen molar-refractivity contribution in [2.75, 3.05) is 11.4 Å². The first-order valence-electron chi connectivity index (χ1n) is 7.05. The third kappa shape index (κ3) is 3.07. The zero-order valence-corrected chi connectivity index (χ0v) is 13.0. The van der Waals surface area contributed by atoms with Crippen LogP contribution in [0.15, 0.2) is 29.4 Å². The van der Waals surface area contributed by atoms with Gasteiger partial charge in [0.15, 0.2) is 0 Å². The van der Waals surface area contributed by atoms with Crippen molar-refractivity contribution in [2.45, 2.75) is 33.2 Å². The number of hydrogen-bond acceptors (Lipinski definition) is 3. The second kappa shape index (κ2) is 5.60. The maximum Gasteiger partial charge on any atom is 0.332 e. The van der Waals surface area contributed by atoms with E-state index in [1.54, 1.807) is 6.21 Å². The van der Waals surface area contributed by atoms with Crippen LogP contribution in [0.2, 0.25) is 0 Å². The van der Waals surface area contributed by atoms with Crippen LogP contribution in [0.1, 0.15) is 38.8 Å². The van der Waals surface area contributed by atoms with E-state index in [9.17, 15) is 4.79 Å². The number of primary amides is 1. The molecule has 0 aromatic heterocycles. The molecule has 2 rings (SSSR count). The molecule has 0 bridgehead atoms. The Morgan fingerprint density at radius 1 is 1.48 bits per heavy atom. The number of hydrazone groups is 1. The number of fused-ring (bicyclic) bond motifs is 1. The van der Waals surface area contributed by atoms with Crippen LogP contribution < -0.4 is 16.1 Å². The van der Waals surface area contributed by atoms with E-state index < -0.39 is 6.03 Å². The summed E-state index contributed by atoms with van der Waals surface area (Å²) in [4.78, 5) is 13.0. The molecule has 1 aromatic rings. The number of carbonyl (C=O) groups excluding carboxylic acids is 1. The van der Waals surface area contributed by atoms with Gasteiger partial charge in [-0.05, 0) is 51.0 Å². The molecule has 3 N–H and O–H groups in total. The van der Waals surface area contributed by atoms with Gasteiger partial charge >= 0.3 is 6.03 Å². The van der Waals surface area contributed by atoms with Gasteiger partial charge in [-0.15, -0.1) is 0 Å². The van der Waals surface area contributed by atoms with Crippen molar-refractivity contribution >= 4 is 23.5 Å². The number of anilines is 1. The number of nitrogens with two attached hydrogens (primary N) is 1. The zero-order chi connectivity index (χ0) is 15.6. The summed E-state index contributed by atoms with van der Waals surface area (Å²) in [5.74, 6) is 0. The minimum absolute atomic E-state index is 0.00889. The van der Waals surface area contributed by atoms with E-state index in [0.29, 0.717) is 0 Å². The SMILES string of the molecule is CCN1c2ccc(/C=N/NC(N)=O)cc2C(C)=CC1(C)C. The molecule has 5 heteroatoms. The van der Waals surface area contributed by atoms with Gasteiger partial charge in [0.25, 0.3) is 0 Å². The summed E-state index contributed by atoms with van der Waals surface area (Å²) in [5.41, 5.74) is 11.8. The molecule has 0 atom stereocenters. The Kier molecular flexibility index (Phi) is 4.02. The highest BCUT2D eigenvalue weighted by Gasteiger charge is 2.29. The van der Waals surface area contributed by atoms with Crippen molar-refractivity contribution in [2.24, 2.45) is 10.8 Å². The lowest BCUT2D eigenvalue weighted by Gasteiger charge is -2.42. The number of nitrogens with one attached hydrogen (secondary N) is 1. The molecule has 1 aromatic carbocycles. The van der Waals surface area contributed by atoms with Crippen LogP contribution in [-0.4, -0.2) is 24.3 Å². The van der Waals surface area contributed by atoms with E-state index in [2.05, 4.69) is 61.3 Å². The van der Waals surface area contributed by atoms with Crippen LogP contribution in [0.4, 0.5) is 10.5 Å². The van der Waals surface area contributed by atoms with Crippen LogP contribution in [0, 0.1) is 0 Å². The van der Waals surface area contributed by atoms with Crippen LogP contribution >= 0.6 is 0 Å². The number of rotatable bonds is 3. The molecule has 2 amide bonds. The summed E-state index contributed by atoms with van der Waals surface area (Å²) in [7, 11) is 0. The van der Waals surface area contributed by atoms with Gasteiger partial charge in [-0.1, -0.05) is 12.1 Å². The van der Waals surface area contributed by atoms with Crippen LogP contribution in [0.3, 0.4) is 0 Å². The summed E-state index contributed by atoms with van der Waals surface area (Å²) in [6, 6.07) is 5.50. The molecule has 112 valence electrons. The first kappa shape index (κ1) is 15.1. The fraction of sp³-hybridized carbons (Fsp3) is 0.375. The lowest BCUT2D eigenvalue weighted by molar-refractivity contribution is 0.249. The highest BCUT2D eigenvalue weighted by Crippen LogP contribution is 2.38. The van der Waals surface area contributed by atoms with Gasteiger partial charge in [-0.2, -0.15) is 5.10 Å². The number of urea groups is 1. The van der Waals surface area contributed by atoms with E-state index in [0.717, 1.165) is 12.1 Å². The van der Waals surface area contributed by atoms with Crippen LogP contribution in [0.25, 0.3) is 5.57 Å². The van der Waals surface area contributed by atoms with Crippen molar-refractivity contribution < 1.29 is 4.79 Å². The molecule has 5 nitrogen and oxygen atoms in total. The number of hydrogen-bond donors (Lipinski definition) is 2. The summed E-state index contributed by atoms with van der Waals surface area (Å²) >= 11 is 0. The fourth-order valence-corrected chi connectivity index (χ4v) is 2.93. The number of amides is 2. The smallest absolute Gasteiger partial charge is 0.332 e. The van der Waals surface area contributed by atoms with Crippen LogP contribution in [-0.2, 0) is 0 Å². The molecule has 0 fully saturated rings. The van der Waals surface area contributed by atoms with E-state index in [1.165, 1.54) is 16.8 Å². The van der Waals surface area contributed by atoms with E-state index in [-0.39, 0.29) is 5.54 Å². The van der Waals surface area contributed by atoms with Gasteiger partial charge in [0.05, 0.1) is 11.8 Å². The minimum Gasteiger partial charge on any atom is -0.363 e. The van der Waals surface area contributed by atoms with Crippen molar-refractivity contribution in [3.8, 4) is 0 Å². The molecule has 1 heterocycles. The Morgan fingerprint density at radius 3 is 2.81 bits per heavy atom. The van der Waals surface area contributed by atoms with E-state index in [4.69, 9.17) is 5.73 Å². The van der Waals surface area contributed by atoms with Gasteiger partial charge in [0.1, 0.15) is 0 Å². The Bertz CT molecular complexity index is 617. The molecule has 21 heavy (non-hydrogen) atoms. The quantitative estimate of drug-likeness (QED) is 0.662. The zero-order valence-electron chi connectivity index (χ0n) is 13.0. The number of allylic oxidation sites excluding steroid dienone is 1. The first-order chi connectivity index (χ1) is 9.85. The molecule has 0 radical (unpaired) electrons. The average Bonchev–Trinajstić information content (AvgIpc) is 2.38. The number of benzene rings is 1. The normalized spacial score (nSPS) is 16.6. The first-order valence-corrected chi connectivity index (χ1v) is 7.05. The van der Waals surface area contributed by atoms with Gasteiger partial charge < -0.3 is 10.6 Å². The molecule has 0 saturated carbocycles. The molecule has 1 aliphatic rings. The van der Waals surface area contributed by atoms with E-state index >= 15 is 0 Å². The Balaban J connectivity index is 2.38. The van der Waals surface area contributed by atoms with Crippen LogP contribution in [0.5, 0.6) is 0 Å². The number of carbonyl (C=O) groups is 1. The Hall–Kier alpha value is -2.30. The topological polar surface area (TPSA) is 70.7 Å². The second-order valence-electron chi connectivity index (χ2n) is 5.74. The summed E-state index contributed by atoms with van der Waals surface area (Å²) in [6.07, 6.45) is 3.87. The summed E-state index contributed by atoms with van der Waals surface area (Å²) in [6.45, 7) is 9.66. The van der Waals surface area contributed by atoms with Crippen molar-refractivity contribution in [3.05, 3.63) is 35.4 Å². The third-order valence-electron chi connectivity index (χ3n) is 3.71. The third-order valence-corrected chi connectivity index (χ3v) is 3.71. The fourth-order valence-electron chi connectivity index (χ4n) is 2.93. The predicted octanol–water partition coefficient (Wildman–Crippen LogP) is 2.71. The molecule has 0 saturated heterocycles. The summed E-state index contributed by atoms with van der Waals surface area (Å²) in [5, 5.41) is 3.80. The summed E-state index contributed by atoms with van der Waals surface area (Å²) < 4.78 is 0. The van der Waals surface area contributed by atoms with Gasteiger partial charge in [-0.25, -0.2) is 10.2 Å². The highest BCUT2D eigenvalue weighted by molar-refractivity contribution is 5.88. The number of nitrogens with zero attached hydrogens (tertiary/aromatic N) is 2. The lowest BCUT2D eigenvalue weighted by Crippen LogP contribution is -2.44. The maximum absolute atomic E-state index is 10.6. The van der Waals surface area contributed by atoms with Crippen molar-refractivity contribution in [3.63, 3.8) is 0 Å². The molecular weight excluding hydrogens is 264 g/mol. The molecule has 0 aliphatic carbocycles. The molecule has 0 spiro atoms. The standard InChI is InChI=1S/C16H22N4O/c1-5-20-14-7-6-12(10-18-19-15(17)21)8-13(14)11(2)9-16(20,3)4/h6-10H,5H2,1-4H3,(H3,17,19,21)/b18-10+. The van der Waals surface area contributed by atoms with Crippen molar-refractivity contribution in [1.82, 2.24) is 5.43 Å². The average molecular weight is 286 g/mol. The van der Waals surface area contributed by atoms with Gasteiger partial charge in [0.2, 0.25) is 0 Å². The predicted molar refractivity (Wildman–Crippen MR) is 87.5 cm³/mol. The second-order valence-corrected chi connectivity index (χ2v) is 5.74. The number of likely N-dealkylation sites (N-methyl/N-ethyl adjacent to an activating group) is 1. The molecule has 0 unspecified atom stereocenters. The Labute approximate surface area is 125 Å². The minimum atomic E-state index is -0.667. The van der Waals surface area contributed by atoms with Crippen molar-refractivity contribution in [1.29, 1.82) is 0 Å². The highest BCUT2D eigenvalue weighted by atomic mass is 16.2. The Morgan fingerprint density at radius 2 is 2.19 bits per heavy atom. The maximum atomic E-state index is 10.6. The molecule has 1 aliphatic heterocycles. The lowest BCUT2D eigenvalue weighted by atomic mass is 9.88. The van der Waals surface area contributed by atoms with Gasteiger partial charge in [-0.3, -0.25) is 0 Å². The molecular formula is C16H22N4O. The van der Waals surface area contributed by atoms with Gasteiger partial charge in [0, 0.05) is 17.8 Å². The largest absolute Gasteiger partial charge is 0.363 e. The monoisotopic (exact) mass is 286 g/mol. The van der Waals surface area contributed by atoms with E-state index in [1.807, 2.05) is 6.07 Å².